The van der Waals surface area contributed by atoms with Gasteiger partial charge in [0, 0.05) is 17.9 Å². The van der Waals surface area contributed by atoms with Gasteiger partial charge >= 0.3 is 0 Å². The molecule has 0 amide bonds. The first-order valence-corrected chi connectivity index (χ1v) is 8.96. The molecule has 0 radical (unpaired) electrons. The van der Waals surface area contributed by atoms with Crippen molar-refractivity contribution in [2.45, 2.75) is 31.3 Å². The van der Waals surface area contributed by atoms with E-state index in [4.69, 9.17) is 0 Å². The molecule has 0 saturated carbocycles. The van der Waals surface area contributed by atoms with Crippen LogP contribution < -0.4 is 0 Å². The molecule has 1 heterocycles. The number of aromatic nitrogens is 3. The molecule has 0 aliphatic carbocycles. The molecule has 3 aromatic rings. The van der Waals surface area contributed by atoms with E-state index in [-0.39, 0.29) is 0 Å². The van der Waals surface area contributed by atoms with E-state index in [1.807, 2.05) is 6.08 Å². The van der Waals surface area contributed by atoms with Crippen molar-refractivity contribution in [3.05, 3.63) is 77.9 Å². The van der Waals surface area contributed by atoms with Crippen molar-refractivity contribution in [3.8, 4) is 11.4 Å². The molecular formula is C20H21N3S. The first-order valence-electron chi connectivity index (χ1n) is 7.97. The summed E-state index contributed by atoms with van der Waals surface area (Å²) in [5, 5.41) is 9.74. The smallest absolute Gasteiger partial charge is 0.192 e. The van der Waals surface area contributed by atoms with Gasteiger partial charge < -0.3 is 0 Å². The summed E-state index contributed by atoms with van der Waals surface area (Å²) in [4.78, 5) is 0. The van der Waals surface area contributed by atoms with Crippen molar-refractivity contribution in [1.82, 2.24) is 14.8 Å². The van der Waals surface area contributed by atoms with Crippen LogP contribution in [0.3, 0.4) is 0 Å². The highest BCUT2D eigenvalue weighted by molar-refractivity contribution is 7.98. The van der Waals surface area contributed by atoms with E-state index in [9.17, 15) is 0 Å². The maximum absolute atomic E-state index is 4.41. The first-order chi connectivity index (χ1) is 11.7. The average molecular weight is 335 g/mol. The maximum atomic E-state index is 4.41. The summed E-state index contributed by atoms with van der Waals surface area (Å²) >= 11 is 1.71. The van der Waals surface area contributed by atoms with E-state index in [1.165, 1.54) is 16.7 Å². The molecule has 3 rings (SSSR count). The quantitative estimate of drug-likeness (QED) is 0.467. The standard InChI is InChI=1S/C20H21N3S/c1-4-13-23-19(17-11-9-15(2)10-12-17)21-22-20(23)24-14-18-8-6-5-7-16(18)3/h4-12H,1,13-14H2,2-3H3. The molecule has 0 bridgehead atoms. The van der Waals surface area contributed by atoms with Gasteiger partial charge in [-0.1, -0.05) is 71.9 Å². The van der Waals surface area contributed by atoms with E-state index in [0.29, 0.717) is 6.54 Å². The zero-order valence-electron chi connectivity index (χ0n) is 14.1. The number of rotatable bonds is 6. The van der Waals surface area contributed by atoms with Crippen LogP contribution in [-0.2, 0) is 12.3 Å². The maximum Gasteiger partial charge on any atom is 0.192 e. The molecular weight excluding hydrogens is 314 g/mol. The number of hydrogen-bond acceptors (Lipinski definition) is 3. The molecule has 24 heavy (non-hydrogen) atoms. The van der Waals surface area contributed by atoms with Gasteiger partial charge in [0.2, 0.25) is 0 Å². The summed E-state index contributed by atoms with van der Waals surface area (Å²) in [7, 11) is 0. The minimum absolute atomic E-state index is 0.701. The van der Waals surface area contributed by atoms with Crippen LogP contribution in [0.2, 0.25) is 0 Å². The minimum Gasteiger partial charge on any atom is -0.298 e. The zero-order valence-corrected chi connectivity index (χ0v) is 14.9. The van der Waals surface area contributed by atoms with E-state index in [0.717, 1.165) is 22.3 Å². The van der Waals surface area contributed by atoms with Crippen LogP contribution in [0.25, 0.3) is 11.4 Å². The lowest BCUT2D eigenvalue weighted by Crippen LogP contribution is -2.01. The molecule has 0 spiro atoms. The molecule has 0 aliphatic rings. The van der Waals surface area contributed by atoms with Crippen LogP contribution in [0.4, 0.5) is 0 Å². The first kappa shape index (κ1) is 16.5. The Bertz CT molecular complexity index is 834. The third-order valence-corrected chi connectivity index (χ3v) is 4.97. The molecule has 1 aromatic heterocycles. The van der Waals surface area contributed by atoms with Crippen molar-refractivity contribution in [2.75, 3.05) is 0 Å². The Hall–Kier alpha value is -2.33. The Morgan fingerprint density at radius 1 is 1.04 bits per heavy atom. The highest BCUT2D eigenvalue weighted by Crippen LogP contribution is 2.27. The molecule has 2 aromatic carbocycles. The molecule has 4 heteroatoms. The van der Waals surface area contributed by atoms with Gasteiger partial charge in [-0.25, -0.2) is 0 Å². The van der Waals surface area contributed by atoms with Crippen molar-refractivity contribution in [3.63, 3.8) is 0 Å². The van der Waals surface area contributed by atoms with Crippen molar-refractivity contribution in [2.24, 2.45) is 0 Å². The molecule has 0 N–H and O–H groups in total. The summed E-state index contributed by atoms with van der Waals surface area (Å²) in [5.41, 5.74) is 4.95. The fourth-order valence-electron chi connectivity index (χ4n) is 2.52. The third kappa shape index (κ3) is 3.60. The minimum atomic E-state index is 0.701. The number of allylic oxidation sites excluding steroid dienone is 1. The SMILES string of the molecule is C=CCn1c(SCc2ccccc2C)nnc1-c1ccc(C)cc1. The highest BCUT2D eigenvalue weighted by atomic mass is 32.2. The fraction of sp³-hybridized carbons (Fsp3) is 0.200. The molecule has 0 atom stereocenters. The van der Waals surface area contributed by atoms with Crippen LogP contribution in [0.5, 0.6) is 0 Å². The number of aryl methyl sites for hydroxylation is 2. The fourth-order valence-corrected chi connectivity index (χ4v) is 3.54. The molecule has 122 valence electrons. The number of hydrogen-bond donors (Lipinski definition) is 0. The normalized spacial score (nSPS) is 10.8. The summed E-state index contributed by atoms with van der Waals surface area (Å²) in [6.45, 7) is 8.80. The van der Waals surface area contributed by atoms with Gasteiger partial charge in [0.1, 0.15) is 0 Å². The molecule has 3 nitrogen and oxygen atoms in total. The van der Waals surface area contributed by atoms with E-state index in [1.54, 1.807) is 11.8 Å². The Kier molecular flexibility index (Phi) is 5.16. The van der Waals surface area contributed by atoms with Gasteiger partial charge in [-0.3, -0.25) is 4.57 Å². The topological polar surface area (TPSA) is 30.7 Å². The summed E-state index contributed by atoms with van der Waals surface area (Å²) in [6.07, 6.45) is 1.89. The molecule has 0 unspecified atom stereocenters. The van der Waals surface area contributed by atoms with Crippen LogP contribution in [0, 0.1) is 13.8 Å². The largest absolute Gasteiger partial charge is 0.298 e. The van der Waals surface area contributed by atoms with Gasteiger partial charge in [-0.2, -0.15) is 0 Å². The van der Waals surface area contributed by atoms with Gasteiger partial charge in [-0.05, 0) is 25.0 Å². The van der Waals surface area contributed by atoms with Crippen LogP contribution in [-0.4, -0.2) is 14.8 Å². The van der Waals surface area contributed by atoms with Gasteiger partial charge in [0.05, 0.1) is 0 Å². The van der Waals surface area contributed by atoms with Gasteiger partial charge in [0.25, 0.3) is 0 Å². The Balaban J connectivity index is 1.87. The zero-order chi connectivity index (χ0) is 16.9. The lowest BCUT2D eigenvalue weighted by molar-refractivity contribution is 0.731. The van der Waals surface area contributed by atoms with Crippen LogP contribution >= 0.6 is 11.8 Å². The van der Waals surface area contributed by atoms with Crippen LogP contribution in [0.1, 0.15) is 16.7 Å². The summed E-state index contributed by atoms with van der Waals surface area (Å²) in [5.74, 6) is 1.78. The summed E-state index contributed by atoms with van der Waals surface area (Å²) < 4.78 is 2.13. The van der Waals surface area contributed by atoms with Crippen LogP contribution in [0.15, 0.2) is 66.3 Å². The van der Waals surface area contributed by atoms with E-state index >= 15 is 0 Å². The lowest BCUT2D eigenvalue weighted by Gasteiger charge is -2.09. The molecule has 0 fully saturated rings. The number of nitrogens with zero attached hydrogens (tertiary/aromatic N) is 3. The Labute approximate surface area is 147 Å². The van der Waals surface area contributed by atoms with Crippen molar-refractivity contribution < 1.29 is 0 Å². The third-order valence-electron chi connectivity index (χ3n) is 3.96. The van der Waals surface area contributed by atoms with E-state index in [2.05, 4.69) is 83.7 Å². The second-order valence-electron chi connectivity index (χ2n) is 5.79. The predicted octanol–water partition coefficient (Wildman–Crippen LogP) is 5.04. The number of thioether (sulfide) groups is 1. The van der Waals surface area contributed by atoms with Crippen molar-refractivity contribution >= 4 is 11.8 Å². The number of benzene rings is 2. The predicted molar refractivity (Wildman–Crippen MR) is 101 cm³/mol. The lowest BCUT2D eigenvalue weighted by atomic mass is 10.1. The average Bonchev–Trinajstić information content (AvgIpc) is 2.98. The second-order valence-corrected chi connectivity index (χ2v) is 6.73. The Morgan fingerprint density at radius 2 is 1.79 bits per heavy atom. The van der Waals surface area contributed by atoms with Gasteiger partial charge in [-0.15, -0.1) is 16.8 Å². The summed E-state index contributed by atoms with van der Waals surface area (Å²) in [6, 6.07) is 16.8. The van der Waals surface area contributed by atoms with Gasteiger partial charge in [0.15, 0.2) is 11.0 Å². The highest BCUT2D eigenvalue weighted by Gasteiger charge is 2.13. The molecule has 0 saturated heterocycles. The van der Waals surface area contributed by atoms with E-state index < -0.39 is 0 Å². The second kappa shape index (κ2) is 7.49. The monoisotopic (exact) mass is 335 g/mol. The van der Waals surface area contributed by atoms with Crippen molar-refractivity contribution in [1.29, 1.82) is 0 Å². The molecule has 0 aliphatic heterocycles. The Morgan fingerprint density at radius 3 is 2.50 bits per heavy atom.